The number of carbonyl (C=O) groups is 4. The number of aliphatic hydroxyl groups excluding tert-OH is 2. The van der Waals surface area contributed by atoms with Gasteiger partial charge in [0, 0.05) is 19.3 Å². The summed E-state index contributed by atoms with van der Waals surface area (Å²) >= 11 is 0. The Kier molecular flexibility index (Phi) is 48.6. The lowest BCUT2D eigenvalue weighted by atomic mass is 9.98. The van der Waals surface area contributed by atoms with Gasteiger partial charge in [0.15, 0.2) is 24.6 Å². The van der Waals surface area contributed by atoms with Gasteiger partial charge in [-0.15, -0.1) is 0 Å². The predicted molar refractivity (Wildman–Crippen MR) is 303 cm³/mol. The number of ether oxygens (including phenoxy) is 5. The van der Waals surface area contributed by atoms with Gasteiger partial charge in [-0.25, -0.2) is 4.79 Å². The summed E-state index contributed by atoms with van der Waals surface area (Å²) in [5.74, 6) is -3.10. The van der Waals surface area contributed by atoms with Crippen LogP contribution in [-0.2, 0) is 42.9 Å². The van der Waals surface area contributed by atoms with Crippen LogP contribution in [0.15, 0.2) is 24.3 Å². The van der Waals surface area contributed by atoms with E-state index in [1.54, 1.807) is 0 Å². The molecule has 1 saturated heterocycles. The van der Waals surface area contributed by atoms with Crippen LogP contribution in [0.4, 0.5) is 0 Å². The van der Waals surface area contributed by atoms with Crippen LogP contribution in [0.2, 0.25) is 0 Å². The van der Waals surface area contributed by atoms with Gasteiger partial charge in [-0.2, -0.15) is 0 Å². The maximum atomic E-state index is 13.1. The summed E-state index contributed by atoms with van der Waals surface area (Å²) in [5, 5.41) is 31.5. The van der Waals surface area contributed by atoms with Crippen LogP contribution in [-0.4, -0.2) is 89.2 Å². The minimum absolute atomic E-state index is 0.0493. The molecule has 1 rings (SSSR count). The van der Waals surface area contributed by atoms with Crippen LogP contribution in [0.5, 0.6) is 0 Å². The number of rotatable bonds is 54. The van der Waals surface area contributed by atoms with Gasteiger partial charge >= 0.3 is 23.9 Å². The van der Waals surface area contributed by atoms with E-state index in [0.29, 0.717) is 19.3 Å². The number of unbranched alkanes of at least 4 members (excludes halogenated alkanes) is 36. The predicted octanol–water partition coefficient (Wildman–Crippen LogP) is 16.2. The van der Waals surface area contributed by atoms with E-state index < -0.39 is 67.3 Å². The molecule has 0 amide bonds. The first-order valence-electron chi connectivity index (χ1n) is 31.3. The Bertz CT molecular complexity index is 1400. The van der Waals surface area contributed by atoms with Crippen molar-refractivity contribution in [3.8, 4) is 0 Å². The fourth-order valence-electron chi connectivity index (χ4n) is 9.69. The van der Waals surface area contributed by atoms with E-state index >= 15 is 0 Å². The lowest BCUT2D eigenvalue weighted by Gasteiger charge is -2.40. The summed E-state index contributed by atoms with van der Waals surface area (Å²) in [6.45, 7) is 6.00. The molecule has 1 fully saturated rings. The van der Waals surface area contributed by atoms with Gasteiger partial charge in [0.2, 0.25) is 0 Å². The molecule has 3 N–H and O–H groups in total. The monoisotopic (exact) mass is 1060 g/mol. The van der Waals surface area contributed by atoms with Crippen molar-refractivity contribution < 1.29 is 58.2 Å². The SMILES string of the molecule is CCCCC/C=C\C/C=C\CCCCCCCC(=O)OC1C(OCC(COC(=O)CCCCCCCCCCCCCCCCCCC)OC(=O)CCCCCCCCCCCCCCC)OC(C(=O)O)C(O)C1O. The van der Waals surface area contributed by atoms with Gasteiger partial charge in [-0.05, 0) is 51.4 Å². The van der Waals surface area contributed by atoms with Gasteiger partial charge in [0.05, 0.1) is 6.61 Å². The van der Waals surface area contributed by atoms with E-state index in [2.05, 4.69) is 45.1 Å². The molecular weight excluding hydrogens is 949 g/mol. The lowest BCUT2D eigenvalue weighted by molar-refractivity contribution is -0.301. The number of aliphatic hydroxyl groups is 2. The molecule has 75 heavy (non-hydrogen) atoms. The third kappa shape index (κ3) is 41.9. The minimum Gasteiger partial charge on any atom is -0.479 e. The molecule has 1 heterocycles. The zero-order valence-corrected chi connectivity index (χ0v) is 48.3. The zero-order chi connectivity index (χ0) is 54.7. The third-order valence-electron chi connectivity index (χ3n) is 14.5. The summed E-state index contributed by atoms with van der Waals surface area (Å²) in [7, 11) is 0. The normalized spacial score (nSPS) is 18.2. The quantitative estimate of drug-likeness (QED) is 0.0228. The second kappa shape index (κ2) is 51.9. The van der Waals surface area contributed by atoms with Crippen molar-refractivity contribution in [1.82, 2.24) is 0 Å². The highest BCUT2D eigenvalue weighted by Gasteiger charge is 2.50. The molecule has 0 radical (unpaired) electrons. The zero-order valence-electron chi connectivity index (χ0n) is 48.3. The number of carboxylic acid groups (broad SMARTS) is 1. The standard InChI is InChI=1S/C63H114O12/c1-4-7-10-13-16-19-22-25-27-28-30-32-34-37-40-43-46-49-55(64)71-52-54(73-56(65)50-47-44-41-38-35-31-24-21-18-15-12-9-6-3)53-72-63-61(59(68)58(67)60(75-63)62(69)70)74-57(66)51-48-45-42-39-36-33-29-26-23-20-17-14-11-8-5-2/h17,20,26,29,54,58-61,63,67-68H,4-16,18-19,21-25,27-28,30-53H2,1-3H3,(H,69,70)/b20-17-,29-26-. The Hall–Kier alpha value is -2.80. The summed E-state index contributed by atoms with van der Waals surface area (Å²) < 4.78 is 28.5. The number of allylic oxidation sites excluding steroid dienone is 4. The van der Waals surface area contributed by atoms with Crippen molar-refractivity contribution in [3.05, 3.63) is 24.3 Å². The van der Waals surface area contributed by atoms with Crippen molar-refractivity contribution in [3.63, 3.8) is 0 Å². The second-order valence-corrected chi connectivity index (χ2v) is 21.7. The van der Waals surface area contributed by atoms with Gasteiger partial charge in [0.1, 0.15) is 18.8 Å². The molecule has 6 unspecified atom stereocenters. The molecule has 0 aliphatic carbocycles. The Morgan fingerprint density at radius 1 is 0.440 bits per heavy atom. The van der Waals surface area contributed by atoms with Crippen molar-refractivity contribution in [2.45, 2.75) is 340 Å². The Morgan fingerprint density at radius 3 is 1.23 bits per heavy atom. The number of carboxylic acids is 1. The average Bonchev–Trinajstić information content (AvgIpc) is 3.39. The molecule has 6 atom stereocenters. The van der Waals surface area contributed by atoms with E-state index in [4.69, 9.17) is 23.7 Å². The van der Waals surface area contributed by atoms with Crippen LogP contribution >= 0.6 is 0 Å². The number of aliphatic carboxylic acids is 1. The molecule has 0 aromatic rings. The summed E-state index contributed by atoms with van der Waals surface area (Å²) in [5.41, 5.74) is 0. The smallest absolute Gasteiger partial charge is 0.335 e. The Morgan fingerprint density at radius 2 is 0.800 bits per heavy atom. The van der Waals surface area contributed by atoms with Crippen molar-refractivity contribution in [2.24, 2.45) is 0 Å². The maximum Gasteiger partial charge on any atom is 0.335 e. The summed E-state index contributed by atoms with van der Waals surface area (Å²) in [4.78, 5) is 51.2. The first kappa shape index (κ1) is 70.2. The molecule has 12 nitrogen and oxygen atoms in total. The largest absolute Gasteiger partial charge is 0.479 e. The highest BCUT2D eigenvalue weighted by atomic mass is 16.7. The molecule has 1 aliphatic rings. The first-order chi connectivity index (χ1) is 36.6. The Balaban J connectivity index is 2.66. The molecule has 0 aromatic heterocycles. The fraction of sp³-hybridized carbons (Fsp3) is 0.873. The van der Waals surface area contributed by atoms with E-state index in [9.17, 15) is 34.5 Å². The third-order valence-corrected chi connectivity index (χ3v) is 14.5. The molecule has 0 spiro atoms. The van der Waals surface area contributed by atoms with E-state index in [1.165, 1.54) is 161 Å². The van der Waals surface area contributed by atoms with Crippen molar-refractivity contribution in [1.29, 1.82) is 0 Å². The number of hydrogen-bond donors (Lipinski definition) is 3. The molecule has 438 valence electrons. The second-order valence-electron chi connectivity index (χ2n) is 21.7. The fourth-order valence-corrected chi connectivity index (χ4v) is 9.69. The highest BCUT2D eigenvalue weighted by molar-refractivity contribution is 5.74. The van der Waals surface area contributed by atoms with Gasteiger partial charge in [0.25, 0.3) is 0 Å². The minimum atomic E-state index is -1.90. The van der Waals surface area contributed by atoms with Crippen molar-refractivity contribution in [2.75, 3.05) is 13.2 Å². The van der Waals surface area contributed by atoms with Crippen LogP contribution in [0.25, 0.3) is 0 Å². The van der Waals surface area contributed by atoms with Gasteiger partial charge < -0.3 is 39.0 Å². The van der Waals surface area contributed by atoms with Gasteiger partial charge in [-0.1, -0.05) is 257 Å². The number of esters is 3. The van der Waals surface area contributed by atoms with E-state index in [0.717, 1.165) is 83.5 Å². The topological polar surface area (TPSA) is 175 Å². The molecule has 1 aliphatic heterocycles. The summed E-state index contributed by atoms with van der Waals surface area (Å²) in [6.07, 6.45) is 47.1. The highest BCUT2D eigenvalue weighted by Crippen LogP contribution is 2.27. The van der Waals surface area contributed by atoms with Crippen LogP contribution in [0.3, 0.4) is 0 Å². The van der Waals surface area contributed by atoms with Gasteiger partial charge in [-0.3, -0.25) is 14.4 Å². The van der Waals surface area contributed by atoms with Crippen LogP contribution < -0.4 is 0 Å². The van der Waals surface area contributed by atoms with Crippen LogP contribution in [0.1, 0.15) is 303 Å². The Labute approximate surface area is 458 Å². The average molecular weight is 1060 g/mol. The molecule has 12 heteroatoms. The molecular formula is C63H114O12. The molecule has 0 saturated carbocycles. The van der Waals surface area contributed by atoms with E-state index in [1.807, 2.05) is 0 Å². The first-order valence-corrected chi connectivity index (χ1v) is 31.3. The number of carbonyl (C=O) groups excluding carboxylic acids is 3. The van der Waals surface area contributed by atoms with Crippen LogP contribution in [0, 0.1) is 0 Å². The lowest BCUT2D eigenvalue weighted by Crippen LogP contribution is -2.61. The number of hydrogen-bond acceptors (Lipinski definition) is 11. The van der Waals surface area contributed by atoms with E-state index in [-0.39, 0.29) is 25.9 Å². The molecule has 0 aromatic carbocycles. The summed E-state index contributed by atoms with van der Waals surface area (Å²) in [6, 6.07) is 0. The molecule has 0 bridgehead atoms. The maximum absolute atomic E-state index is 13.1. The van der Waals surface area contributed by atoms with Crippen molar-refractivity contribution >= 4 is 23.9 Å².